The molecule has 0 aromatic heterocycles. The molecule has 3 nitrogen and oxygen atoms in total. The van der Waals surface area contributed by atoms with Crippen LogP contribution in [0.3, 0.4) is 0 Å². The molecule has 0 saturated carbocycles. The van der Waals surface area contributed by atoms with Crippen molar-refractivity contribution in [3.05, 3.63) is 63.6 Å². The largest absolute Gasteiger partial charge is 0.384 e. The Hall–Kier alpha value is -1.99. The van der Waals surface area contributed by atoms with Crippen molar-refractivity contribution in [2.75, 3.05) is 11.9 Å². The third kappa shape index (κ3) is 4.24. The van der Waals surface area contributed by atoms with E-state index in [9.17, 15) is 4.79 Å². The molecule has 0 saturated heterocycles. The van der Waals surface area contributed by atoms with E-state index < -0.39 is 0 Å². The first-order valence-electron chi connectivity index (χ1n) is 6.06. The molecule has 0 aliphatic heterocycles. The minimum atomic E-state index is -0.291. The Labute approximate surface area is 132 Å². The Morgan fingerprint density at radius 1 is 1.19 bits per heavy atom. The second-order valence-corrected chi connectivity index (χ2v) is 4.96. The summed E-state index contributed by atoms with van der Waals surface area (Å²) in [6.45, 7) is -0.243. The lowest BCUT2D eigenvalue weighted by atomic mass is 10.1. The van der Waals surface area contributed by atoms with Gasteiger partial charge in [0.2, 0.25) is 0 Å². The average Bonchev–Trinajstić information content (AvgIpc) is 2.46. The summed E-state index contributed by atoms with van der Waals surface area (Å²) >= 11 is 11.9. The van der Waals surface area contributed by atoms with Crippen molar-refractivity contribution >= 4 is 34.8 Å². The number of hydrogen-bond acceptors (Lipinski definition) is 2. The maximum Gasteiger partial charge on any atom is 0.255 e. The Balaban J connectivity index is 2.18. The van der Waals surface area contributed by atoms with Gasteiger partial charge >= 0.3 is 0 Å². The first kappa shape index (κ1) is 15.4. The summed E-state index contributed by atoms with van der Waals surface area (Å²) in [5.41, 5.74) is 1.58. The molecule has 0 aliphatic rings. The van der Waals surface area contributed by atoms with Crippen LogP contribution in [0.15, 0.2) is 42.5 Å². The minimum absolute atomic E-state index is 0.243. The zero-order valence-electron chi connectivity index (χ0n) is 10.9. The molecular formula is C16H11Cl2NO2. The van der Waals surface area contributed by atoms with Gasteiger partial charge in [-0.2, -0.15) is 0 Å². The lowest BCUT2D eigenvalue weighted by molar-refractivity contribution is 0.102. The quantitative estimate of drug-likeness (QED) is 0.831. The lowest BCUT2D eigenvalue weighted by Crippen LogP contribution is -2.11. The van der Waals surface area contributed by atoms with E-state index >= 15 is 0 Å². The second kappa shape index (κ2) is 7.14. The van der Waals surface area contributed by atoms with Gasteiger partial charge in [0.25, 0.3) is 5.91 Å². The summed E-state index contributed by atoms with van der Waals surface area (Å²) in [5.74, 6) is 4.92. The summed E-state index contributed by atoms with van der Waals surface area (Å²) in [5, 5.41) is 12.3. The Morgan fingerprint density at radius 3 is 2.67 bits per heavy atom. The normalized spacial score (nSPS) is 9.67. The number of halogens is 2. The van der Waals surface area contributed by atoms with E-state index in [1.54, 1.807) is 36.4 Å². The number of aliphatic hydroxyl groups excluding tert-OH is 1. The van der Waals surface area contributed by atoms with Gasteiger partial charge < -0.3 is 10.4 Å². The number of carbonyl (C=O) groups excluding carboxylic acids is 1. The minimum Gasteiger partial charge on any atom is -0.384 e. The number of benzene rings is 2. The summed E-state index contributed by atoms with van der Waals surface area (Å²) in [6.07, 6.45) is 0. The molecule has 2 rings (SSSR count). The van der Waals surface area contributed by atoms with Crippen LogP contribution in [0.2, 0.25) is 10.0 Å². The predicted molar refractivity (Wildman–Crippen MR) is 84.8 cm³/mol. The Morgan fingerprint density at radius 2 is 2.00 bits per heavy atom. The third-order valence-electron chi connectivity index (χ3n) is 2.62. The topological polar surface area (TPSA) is 49.3 Å². The highest BCUT2D eigenvalue weighted by atomic mass is 35.5. The fourth-order valence-electron chi connectivity index (χ4n) is 1.66. The van der Waals surface area contributed by atoms with Gasteiger partial charge in [0, 0.05) is 21.8 Å². The first-order valence-corrected chi connectivity index (χ1v) is 6.82. The SMILES string of the molecule is O=C(Nc1cccc(Cl)c1)c1ccc(C#CCO)c(Cl)c1. The summed E-state index contributed by atoms with van der Waals surface area (Å²) in [7, 11) is 0. The van der Waals surface area contributed by atoms with Crippen molar-refractivity contribution in [3.63, 3.8) is 0 Å². The van der Waals surface area contributed by atoms with E-state index in [4.69, 9.17) is 28.3 Å². The molecule has 0 spiro atoms. The van der Waals surface area contributed by atoms with Gasteiger partial charge in [-0.15, -0.1) is 0 Å². The number of carbonyl (C=O) groups is 1. The van der Waals surface area contributed by atoms with E-state index in [2.05, 4.69) is 17.2 Å². The van der Waals surface area contributed by atoms with Crippen LogP contribution >= 0.6 is 23.2 Å². The molecular weight excluding hydrogens is 309 g/mol. The molecule has 2 aromatic carbocycles. The number of amides is 1. The zero-order valence-corrected chi connectivity index (χ0v) is 12.4. The molecule has 0 radical (unpaired) electrons. The maximum atomic E-state index is 12.1. The van der Waals surface area contributed by atoms with E-state index in [0.29, 0.717) is 26.9 Å². The molecule has 0 unspecified atom stereocenters. The van der Waals surface area contributed by atoms with Crippen molar-refractivity contribution in [1.29, 1.82) is 0 Å². The van der Waals surface area contributed by atoms with Gasteiger partial charge in [0.15, 0.2) is 0 Å². The van der Waals surface area contributed by atoms with Crippen LogP contribution in [-0.4, -0.2) is 17.6 Å². The molecule has 1 amide bonds. The van der Waals surface area contributed by atoms with Crippen molar-refractivity contribution in [3.8, 4) is 11.8 Å². The Kier molecular flexibility index (Phi) is 5.24. The fraction of sp³-hybridized carbons (Fsp3) is 0.0625. The van der Waals surface area contributed by atoms with Crippen LogP contribution in [0.25, 0.3) is 0 Å². The number of rotatable bonds is 2. The standard InChI is InChI=1S/C16H11Cl2NO2/c17-13-4-1-5-14(10-13)19-16(21)12-7-6-11(3-2-8-20)15(18)9-12/h1,4-7,9-10,20H,8H2,(H,19,21). The van der Waals surface area contributed by atoms with Crippen LogP contribution in [0, 0.1) is 11.8 Å². The lowest BCUT2D eigenvalue weighted by Gasteiger charge is -2.06. The van der Waals surface area contributed by atoms with Crippen molar-refractivity contribution in [2.45, 2.75) is 0 Å². The summed E-state index contributed by atoms with van der Waals surface area (Å²) < 4.78 is 0. The number of anilines is 1. The van der Waals surface area contributed by atoms with Gasteiger partial charge in [0.1, 0.15) is 6.61 Å². The highest BCUT2D eigenvalue weighted by Crippen LogP contribution is 2.19. The van der Waals surface area contributed by atoms with Crippen LogP contribution in [0.4, 0.5) is 5.69 Å². The second-order valence-electron chi connectivity index (χ2n) is 4.12. The van der Waals surface area contributed by atoms with Crippen LogP contribution in [-0.2, 0) is 0 Å². The van der Waals surface area contributed by atoms with E-state index in [1.165, 1.54) is 6.07 Å². The molecule has 21 heavy (non-hydrogen) atoms. The van der Waals surface area contributed by atoms with Gasteiger partial charge in [-0.1, -0.05) is 41.1 Å². The molecule has 0 fully saturated rings. The third-order valence-corrected chi connectivity index (χ3v) is 3.16. The number of nitrogens with one attached hydrogen (secondary N) is 1. The highest BCUT2D eigenvalue weighted by molar-refractivity contribution is 6.32. The zero-order chi connectivity index (χ0) is 15.2. The van der Waals surface area contributed by atoms with E-state index in [1.807, 2.05) is 0 Å². The average molecular weight is 320 g/mol. The number of hydrogen-bond donors (Lipinski definition) is 2. The van der Waals surface area contributed by atoms with Gasteiger partial charge in [0.05, 0.1) is 5.02 Å². The smallest absolute Gasteiger partial charge is 0.255 e. The van der Waals surface area contributed by atoms with Gasteiger partial charge in [-0.05, 0) is 36.4 Å². The van der Waals surface area contributed by atoms with Crippen LogP contribution in [0.5, 0.6) is 0 Å². The van der Waals surface area contributed by atoms with Crippen LogP contribution in [0.1, 0.15) is 15.9 Å². The Bertz CT molecular complexity index is 733. The molecule has 0 aliphatic carbocycles. The fourth-order valence-corrected chi connectivity index (χ4v) is 2.08. The van der Waals surface area contributed by atoms with E-state index in [0.717, 1.165) is 0 Å². The van der Waals surface area contributed by atoms with Gasteiger partial charge in [-0.3, -0.25) is 4.79 Å². The van der Waals surface area contributed by atoms with Crippen molar-refractivity contribution in [1.82, 2.24) is 0 Å². The van der Waals surface area contributed by atoms with Crippen LogP contribution < -0.4 is 5.32 Å². The number of aliphatic hydroxyl groups is 1. The molecule has 0 heterocycles. The molecule has 2 aromatic rings. The molecule has 5 heteroatoms. The summed E-state index contributed by atoms with van der Waals surface area (Å²) in [6, 6.07) is 11.7. The predicted octanol–water partition coefficient (Wildman–Crippen LogP) is 3.59. The maximum absolute atomic E-state index is 12.1. The van der Waals surface area contributed by atoms with Gasteiger partial charge in [-0.25, -0.2) is 0 Å². The molecule has 2 N–H and O–H groups in total. The van der Waals surface area contributed by atoms with Crippen molar-refractivity contribution in [2.24, 2.45) is 0 Å². The van der Waals surface area contributed by atoms with E-state index in [-0.39, 0.29) is 12.5 Å². The monoisotopic (exact) mass is 319 g/mol. The molecule has 0 atom stereocenters. The summed E-state index contributed by atoms with van der Waals surface area (Å²) in [4.78, 5) is 12.1. The first-order chi connectivity index (χ1) is 10.1. The molecule has 0 bridgehead atoms. The van der Waals surface area contributed by atoms with Crippen molar-refractivity contribution < 1.29 is 9.90 Å². The molecule has 106 valence electrons. The highest BCUT2D eigenvalue weighted by Gasteiger charge is 2.08.